The third-order valence-corrected chi connectivity index (χ3v) is 10.8. The number of aliphatic hydroxyl groups excluding tert-OH is 1. The van der Waals surface area contributed by atoms with Gasteiger partial charge in [-0.3, -0.25) is 14.5 Å². The van der Waals surface area contributed by atoms with E-state index in [2.05, 4.69) is 34.4 Å². The summed E-state index contributed by atoms with van der Waals surface area (Å²) in [5.74, 6) is 1.94. The summed E-state index contributed by atoms with van der Waals surface area (Å²) in [4.78, 5) is 35.2. The molecule has 2 unspecified atom stereocenters. The van der Waals surface area contributed by atoms with Gasteiger partial charge in [-0.1, -0.05) is 80.8 Å². The van der Waals surface area contributed by atoms with Gasteiger partial charge in [0.15, 0.2) is 5.82 Å². The van der Waals surface area contributed by atoms with Crippen molar-refractivity contribution in [2.24, 2.45) is 17.8 Å². The van der Waals surface area contributed by atoms with Crippen LogP contribution in [0, 0.1) is 29.1 Å². The highest BCUT2D eigenvalue weighted by Gasteiger charge is 2.28. The van der Waals surface area contributed by atoms with E-state index < -0.39 is 12.2 Å². The van der Waals surface area contributed by atoms with E-state index >= 15 is 0 Å². The van der Waals surface area contributed by atoms with Gasteiger partial charge in [0, 0.05) is 35.8 Å². The molecule has 0 aliphatic heterocycles. The second-order valence-corrected chi connectivity index (χ2v) is 14.3. The number of carbonyl (C=O) groups is 2. The second-order valence-electron chi connectivity index (χ2n) is 14.3. The van der Waals surface area contributed by atoms with Gasteiger partial charge < -0.3 is 15.5 Å². The minimum atomic E-state index is -1.19. The molecular weight excluding hydrogens is 651 g/mol. The lowest BCUT2D eigenvalue weighted by Gasteiger charge is -2.35. The molecule has 0 radical (unpaired) electrons. The molecule has 1 heterocycles. The zero-order chi connectivity index (χ0) is 36.5. The monoisotopic (exact) mass is 697 g/mol. The number of carboxylic acids is 1. The number of hydrogen-bond donors (Lipinski definition) is 3. The maximum Gasteiger partial charge on any atom is 0.317 e. The molecule has 268 valence electrons. The Kier molecular flexibility index (Phi) is 12.2. The van der Waals surface area contributed by atoms with Crippen molar-refractivity contribution >= 4 is 23.1 Å². The molecular formula is C43H47N5O4. The van der Waals surface area contributed by atoms with Crippen molar-refractivity contribution in [3.8, 4) is 17.5 Å². The maximum absolute atomic E-state index is 12.6. The number of aliphatic carboxylic acids is 1. The van der Waals surface area contributed by atoms with Crippen molar-refractivity contribution in [3.05, 3.63) is 119 Å². The largest absolute Gasteiger partial charge is 0.480 e. The van der Waals surface area contributed by atoms with E-state index in [-0.39, 0.29) is 25.4 Å². The lowest BCUT2D eigenvalue weighted by atomic mass is 9.71. The van der Waals surface area contributed by atoms with Gasteiger partial charge in [0.1, 0.15) is 6.23 Å². The first-order valence-corrected chi connectivity index (χ1v) is 18.4. The van der Waals surface area contributed by atoms with Crippen LogP contribution in [-0.2, 0) is 22.6 Å². The Morgan fingerprint density at radius 1 is 0.923 bits per heavy atom. The summed E-state index contributed by atoms with van der Waals surface area (Å²) in [5.41, 5.74) is 6.37. The van der Waals surface area contributed by atoms with Crippen molar-refractivity contribution < 1.29 is 19.8 Å². The Labute approximate surface area is 306 Å². The molecule has 2 aliphatic rings. The zero-order valence-corrected chi connectivity index (χ0v) is 29.7. The first kappa shape index (κ1) is 36.6. The smallest absolute Gasteiger partial charge is 0.317 e. The summed E-state index contributed by atoms with van der Waals surface area (Å²) in [6.07, 6.45) is 15.6. The van der Waals surface area contributed by atoms with Crippen molar-refractivity contribution in [1.82, 2.24) is 14.9 Å². The van der Waals surface area contributed by atoms with Gasteiger partial charge in [0.05, 0.1) is 24.6 Å². The van der Waals surface area contributed by atoms with Crippen LogP contribution in [0.4, 0.5) is 5.69 Å². The van der Waals surface area contributed by atoms with E-state index in [1.54, 1.807) is 48.5 Å². The average Bonchev–Trinajstić information content (AvgIpc) is 3.18. The molecule has 3 N–H and O–H groups in total. The predicted molar refractivity (Wildman–Crippen MR) is 201 cm³/mol. The number of nitrogens with one attached hydrogen (secondary N) is 1. The second kappa shape index (κ2) is 17.4. The molecule has 1 amide bonds. The number of aliphatic hydroxyl groups is 1. The third-order valence-electron chi connectivity index (χ3n) is 10.8. The quantitative estimate of drug-likeness (QED) is 0.119. The minimum absolute atomic E-state index is 0.112. The highest BCUT2D eigenvalue weighted by molar-refractivity contribution is 5.92. The number of amides is 1. The number of carbonyl (C=O) groups excluding carboxylic acids is 1. The molecule has 0 saturated heterocycles. The van der Waals surface area contributed by atoms with Crippen LogP contribution in [0.15, 0.2) is 91.3 Å². The lowest BCUT2D eigenvalue weighted by molar-refractivity contribution is -0.142. The Morgan fingerprint density at radius 3 is 2.29 bits per heavy atom. The fraction of sp³-hybridized carbons (Fsp3) is 0.372. The fourth-order valence-corrected chi connectivity index (χ4v) is 7.74. The number of benzene rings is 3. The van der Waals surface area contributed by atoms with Gasteiger partial charge in [0.2, 0.25) is 5.91 Å². The van der Waals surface area contributed by atoms with Gasteiger partial charge >= 0.3 is 5.97 Å². The Balaban J connectivity index is 1.03. The molecule has 2 aliphatic carbocycles. The van der Waals surface area contributed by atoms with Crippen LogP contribution in [0.25, 0.3) is 17.0 Å². The third kappa shape index (κ3) is 9.58. The Bertz CT molecular complexity index is 1890. The summed E-state index contributed by atoms with van der Waals surface area (Å²) in [5, 5.41) is 32.7. The summed E-state index contributed by atoms with van der Waals surface area (Å²) in [7, 11) is 0. The molecule has 4 aromatic rings. The highest BCUT2D eigenvalue weighted by atomic mass is 16.4. The zero-order valence-electron chi connectivity index (χ0n) is 29.7. The Hall–Kier alpha value is -5.17. The fourth-order valence-electron chi connectivity index (χ4n) is 7.74. The van der Waals surface area contributed by atoms with Crippen molar-refractivity contribution in [1.29, 1.82) is 5.26 Å². The van der Waals surface area contributed by atoms with Gasteiger partial charge in [0.25, 0.3) is 0 Å². The summed E-state index contributed by atoms with van der Waals surface area (Å²) < 4.78 is 0. The van der Waals surface area contributed by atoms with Crippen LogP contribution in [0.1, 0.15) is 92.3 Å². The number of anilines is 1. The lowest BCUT2D eigenvalue weighted by Crippen LogP contribution is -2.33. The minimum Gasteiger partial charge on any atom is -0.480 e. The molecule has 0 spiro atoms. The summed E-state index contributed by atoms with van der Waals surface area (Å²) in [6.45, 7) is 2.15. The standard InChI is InChI=1S/C43H47N5O4/c1-2-29-6-10-33(11-7-29)34-14-16-35(17-15-34)38-25-45-42(46-26-38)36-12-8-30(9-13-36)27-48(28-41(50)51)43(52)37-18-20-39(21-19-37)47-40(49)23-31-4-3-5-32(22-31)24-44/h3-5,8-9,12-13,16,18-22,25-26,29,33-34,43,52H,2,6-7,10-11,14-15,17,23,27-28H2,1H3,(H,47,49)(H,50,51). The first-order chi connectivity index (χ1) is 25.3. The molecule has 1 saturated carbocycles. The number of nitrogens with zero attached hydrogens (tertiary/aromatic N) is 4. The SMILES string of the molecule is CCC1CCC(C2CC=C(c3cnc(-c4ccc(CN(CC(=O)O)C(O)c5ccc(NC(=O)Cc6cccc(C#N)c6)cc5)cc4)nc3)CC2)CC1. The van der Waals surface area contributed by atoms with E-state index in [0.717, 1.165) is 52.8 Å². The molecule has 52 heavy (non-hydrogen) atoms. The topological polar surface area (TPSA) is 139 Å². The molecule has 9 nitrogen and oxygen atoms in total. The number of hydrogen-bond acceptors (Lipinski definition) is 7. The van der Waals surface area contributed by atoms with Crippen molar-refractivity contribution in [2.45, 2.75) is 77.5 Å². The summed E-state index contributed by atoms with van der Waals surface area (Å²) >= 11 is 0. The molecule has 3 aromatic carbocycles. The Morgan fingerprint density at radius 2 is 1.65 bits per heavy atom. The molecule has 9 heteroatoms. The van der Waals surface area contributed by atoms with Crippen LogP contribution in [-0.4, -0.2) is 43.5 Å². The maximum atomic E-state index is 12.6. The number of rotatable bonds is 13. The first-order valence-electron chi connectivity index (χ1n) is 18.4. The van der Waals surface area contributed by atoms with Gasteiger partial charge in [-0.25, -0.2) is 9.97 Å². The van der Waals surface area contributed by atoms with Gasteiger partial charge in [-0.15, -0.1) is 0 Å². The summed E-state index contributed by atoms with van der Waals surface area (Å²) in [6, 6.07) is 23.3. The number of aromatic nitrogens is 2. The predicted octanol–water partition coefficient (Wildman–Crippen LogP) is 8.17. The highest BCUT2D eigenvalue weighted by Crippen LogP contribution is 2.41. The van der Waals surface area contributed by atoms with Gasteiger partial charge in [-0.2, -0.15) is 5.26 Å². The molecule has 2 atom stereocenters. The van der Waals surface area contributed by atoms with Crippen molar-refractivity contribution in [3.63, 3.8) is 0 Å². The van der Waals surface area contributed by atoms with Crippen LogP contribution < -0.4 is 5.32 Å². The molecule has 1 aromatic heterocycles. The van der Waals surface area contributed by atoms with Crippen LogP contribution in [0.5, 0.6) is 0 Å². The van der Waals surface area contributed by atoms with Crippen LogP contribution in [0.2, 0.25) is 0 Å². The molecule has 1 fully saturated rings. The van der Waals surface area contributed by atoms with Crippen LogP contribution in [0.3, 0.4) is 0 Å². The van der Waals surface area contributed by atoms with Crippen LogP contribution >= 0.6 is 0 Å². The van der Waals surface area contributed by atoms with E-state index in [1.807, 2.05) is 36.7 Å². The molecule has 6 rings (SSSR count). The molecule has 0 bridgehead atoms. The van der Waals surface area contributed by atoms with E-state index in [1.165, 1.54) is 49.0 Å². The van der Waals surface area contributed by atoms with Crippen molar-refractivity contribution in [2.75, 3.05) is 11.9 Å². The van der Waals surface area contributed by atoms with E-state index in [9.17, 15) is 19.8 Å². The average molecular weight is 698 g/mol. The number of allylic oxidation sites excluding steroid dienone is 2. The number of carboxylic acid groups (broad SMARTS) is 1. The normalized spacial score (nSPS) is 19.3. The van der Waals surface area contributed by atoms with Gasteiger partial charge in [-0.05, 0) is 96.4 Å². The van der Waals surface area contributed by atoms with E-state index in [0.29, 0.717) is 22.6 Å². The number of nitriles is 1. The van der Waals surface area contributed by atoms with E-state index in [4.69, 9.17) is 5.26 Å².